The Labute approximate surface area is 122 Å². The fraction of sp³-hybridized carbons (Fsp3) is 0.133. The van der Waals surface area contributed by atoms with Gasteiger partial charge in [-0.15, -0.1) is 0 Å². The van der Waals surface area contributed by atoms with Crippen LogP contribution in [0.4, 0.5) is 5.69 Å². The maximum absolute atomic E-state index is 11.6. The maximum atomic E-state index is 11.6. The minimum absolute atomic E-state index is 0.236. The third kappa shape index (κ3) is 2.62. The van der Waals surface area contributed by atoms with Gasteiger partial charge in [-0.3, -0.25) is 0 Å². The average Bonchev–Trinajstić information content (AvgIpc) is 2.89. The van der Waals surface area contributed by atoms with Crippen LogP contribution in [0.15, 0.2) is 51.8 Å². The Hall–Kier alpha value is -2.34. The summed E-state index contributed by atoms with van der Waals surface area (Å²) in [5.74, 6) is 0.471. The molecule has 0 aliphatic rings. The number of nitrogens with zero attached hydrogens (tertiary/aromatic N) is 1. The van der Waals surface area contributed by atoms with E-state index in [2.05, 4.69) is 10.3 Å². The number of nitrogens with one attached hydrogen (secondary N) is 1. The molecule has 1 N–H and O–H groups in total. The van der Waals surface area contributed by atoms with Crippen LogP contribution in [0.1, 0.15) is 0 Å². The van der Waals surface area contributed by atoms with Crippen molar-refractivity contribution in [3.63, 3.8) is 0 Å². The molecule has 0 saturated carbocycles. The zero-order valence-electron chi connectivity index (χ0n) is 11.6. The molecule has 0 aliphatic carbocycles. The first-order chi connectivity index (χ1) is 9.97. The van der Waals surface area contributed by atoms with Crippen LogP contribution in [-0.4, -0.2) is 26.7 Å². The second-order valence-corrected chi connectivity index (χ2v) is 6.76. The lowest BCUT2D eigenvalue weighted by molar-refractivity contribution is 0.602. The molecule has 0 aliphatic heterocycles. The van der Waals surface area contributed by atoms with E-state index in [0.717, 1.165) is 11.3 Å². The van der Waals surface area contributed by atoms with Crippen molar-refractivity contribution in [1.82, 2.24) is 4.98 Å². The highest BCUT2D eigenvalue weighted by Crippen LogP contribution is 2.26. The van der Waals surface area contributed by atoms with Gasteiger partial charge in [-0.2, -0.15) is 0 Å². The van der Waals surface area contributed by atoms with E-state index >= 15 is 0 Å². The van der Waals surface area contributed by atoms with Gasteiger partial charge in [-0.05, 0) is 42.5 Å². The molecule has 0 atom stereocenters. The molecule has 5 nitrogen and oxygen atoms in total. The van der Waals surface area contributed by atoms with E-state index in [4.69, 9.17) is 4.42 Å². The third-order valence-electron chi connectivity index (χ3n) is 3.21. The van der Waals surface area contributed by atoms with Crippen LogP contribution in [0.2, 0.25) is 0 Å². The van der Waals surface area contributed by atoms with Gasteiger partial charge in [-0.25, -0.2) is 13.4 Å². The molecule has 3 aromatic rings. The summed E-state index contributed by atoms with van der Waals surface area (Å²) in [5.41, 5.74) is 2.93. The van der Waals surface area contributed by atoms with Gasteiger partial charge >= 0.3 is 0 Å². The topological polar surface area (TPSA) is 72.2 Å². The molecule has 21 heavy (non-hydrogen) atoms. The van der Waals surface area contributed by atoms with Crippen LogP contribution >= 0.6 is 0 Å². The van der Waals surface area contributed by atoms with Crippen molar-refractivity contribution in [2.45, 2.75) is 4.90 Å². The molecule has 1 aromatic heterocycles. The molecule has 0 fully saturated rings. The monoisotopic (exact) mass is 302 g/mol. The van der Waals surface area contributed by atoms with Gasteiger partial charge in [-0.1, -0.05) is 0 Å². The van der Waals surface area contributed by atoms with Gasteiger partial charge in [0.2, 0.25) is 5.89 Å². The number of oxazole rings is 1. The summed E-state index contributed by atoms with van der Waals surface area (Å²) in [6.45, 7) is 0. The standard InChI is InChI=1S/C15H14N2O3S/c1-16-11-5-3-10(4-6-11)15-17-13-9-12(21(2,18)19)7-8-14(13)20-15/h3-9,16H,1-2H3. The zero-order valence-corrected chi connectivity index (χ0v) is 12.4. The third-order valence-corrected chi connectivity index (χ3v) is 4.32. The Morgan fingerprint density at radius 3 is 2.43 bits per heavy atom. The fourth-order valence-electron chi connectivity index (χ4n) is 2.04. The summed E-state index contributed by atoms with van der Waals surface area (Å²) in [4.78, 5) is 4.60. The van der Waals surface area contributed by atoms with Gasteiger partial charge in [0.25, 0.3) is 0 Å². The molecule has 0 unspecified atom stereocenters. The van der Waals surface area contributed by atoms with Crippen molar-refractivity contribution in [2.24, 2.45) is 0 Å². The Morgan fingerprint density at radius 1 is 1.10 bits per heavy atom. The summed E-state index contributed by atoms with van der Waals surface area (Å²) in [5, 5.41) is 3.04. The maximum Gasteiger partial charge on any atom is 0.227 e. The number of hydrogen-bond donors (Lipinski definition) is 1. The smallest absolute Gasteiger partial charge is 0.227 e. The van der Waals surface area contributed by atoms with Crippen molar-refractivity contribution in [2.75, 3.05) is 18.6 Å². The van der Waals surface area contributed by atoms with Crippen molar-refractivity contribution < 1.29 is 12.8 Å². The number of aromatic nitrogens is 1. The Morgan fingerprint density at radius 2 is 1.81 bits per heavy atom. The van der Waals surface area contributed by atoms with E-state index in [9.17, 15) is 8.42 Å². The molecule has 2 aromatic carbocycles. The van der Waals surface area contributed by atoms with E-state index in [1.165, 1.54) is 18.4 Å². The Kier molecular flexibility index (Phi) is 3.17. The molecule has 0 radical (unpaired) electrons. The second-order valence-electron chi connectivity index (χ2n) is 4.75. The lowest BCUT2D eigenvalue weighted by atomic mass is 10.2. The highest BCUT2D eigenvalue weighted by molar-refractivity contribution is 7.90. The quantitative estimate of drug-likeness (QED) is 0.805. The lowest BCUT2D eigenvalue weighted by Gasteiger charge is -1.99. The Bertz CT molecular complexity index is 896. The normalized spacial score (nSPS) is 11.7. The van der Waals surface area contributed by atoms with Crippen LogP contribution in [0.3, 0.4) is 0 Å². The number of benzene rings is 2. The minimum Gasteiger partial charge on any atom is -0.436 e. The zero-order chi connectivity index (χ0) is 15.0. The van der Waals surface area contributed by atoms with Crippen LogP contribution in [0, 0.1) is 0 Å². The summed E-state index contributed by atoms with van der Waals surface area (Å²) >= 11 is 0. The van der Waals surface area contributed by atoms with E-state index in [1.807, 2.05) is 31.3 Å². The Balaban J connectivity index is 2.08. The molecule has 3 rings (SSSR count). The molecule has 1 heterocycles. The first kappa shape index (κ1) is 13.6. The second kappa shape index (κ2) is 4.89. The number of hydrogen-bond acceptors (Lipinski definition) is 5. The van der Waals surface area contributed by atoms with Crippen molar-refractivity contribution in [3.8, 4) is 11.5 Å². The molecular formula is C15H14N2O3S. The van der Waals surface area contributed by atoms with Crippen LogP contribution in [-0.2, 0) is 9.84 Å². The SMILES string of the molecule is CNc1ccc(-c2nc3cc(S(C)(=O)=O)ccc3o2)cc1. The van der Waals surface area contributed by atoms with Gasteiger partial charge in [0.15, 0.2) is 15.4 Å². The van der Waals surface area contributed by atoms with Gasteiger partial charge in [0, 0.05) is 24.6 Å². The van der Waals surface area contributed by atoms with E-state index in [0.29, 0.717) is 17.0 Å². The first-order valence-electron chi connectivity index (χ1n) is 6.36. The molecular weight excluding hydrogens is 288 g/mol. The predicted octanol–water partition coefficient (Wildman–Crippen LogP) is 2.94. The summed E-state index contributed by atoms with van der Waals surface area (Å²) in [6, 6.07) is 12.3. The van der Waals surface area contributed by atoms with Crippen molar-refractivity contribution >= 4 is 26.6 Å². The number of anilines is 1. The molecule has 108 valence electrons. The number of rotatable bonds is 3. The first-order valence-corrected chi connectivity index (χ1v) is 8.25. The minimum atomic E-state index is -3.25. The van der Waals surface area contributed by atoms with Gasteiger partial charge in [0.1, 0.15) is 5.52 Å². The fourth-order valence-corrected chi connectivity index (χ4v) is 2.68. The highest BCUT2D eigenvalue weighted by Gasteiger charge is 2.12. The van der Waals surface area contributed by atoms with Crippen LogP contribution in [0.5, 0.6) is 0 Å². The molecule has 0 bridgehead atoms. The van der Waals surface area contributed by atoms with Gasteiger partial charge in [0.05, 0.1) is 4.90 Å². The highest BCUT2D eigenvalue weighted by atomic mass is 32.2. The van der Waals surface area contributed by atoms with Crippen LogP contribution in [0.25, 0.3) is 22.6 Å². The summed E-state index contributed by atoms with van der Waals surface area (Å²) in [6.07, 6.45) is 1.17. The van der Waals surface area contributed by atoms with E-state index in [1.54, 1.807) is 6.07 Å². The van der Waals surface area contributed by atoms with Crippen molar-refractivity contribution in [3.05, 3.63) is 42.5 Å². The summed E-state index contributed by atoms with van der Waals surface area (Å²) < 4.78 is 28.8. The van der Waals surface area contributed by atoms with E-state index < -0.39 is 9.84 Å². The van der Waals surface area contributed by atoms with Gasteiger partial charge < -0.3 is 9.73 Å². The number of fused-ring (bicyclic) bond motifs is 1. The van der Waals surface area contributed by atoms with E-state index in [-0.39, 0.29) is 4.90 Å². The average molecular weight is 302 g/mol. The number of sulfone groups is 1. The molecule has 0 amide bonds. The van der Waals surface area contributed by atoms with Crippen LogP contribution < -0.4 is 5.32 Å². The molecule has 6 heteroatoms. The largest absolute Gasteiger partial charge is 0.436 e. The predicted molar refractivity (Wildman–Crippen MR) is 82.1 cm³/mol. The summed E-state index contributed by atoms with van der Waals surface area (Å²) in [7, 11) is -1.40. The lowest BCUT2D eigenvalue weighted by Crippen LogP contribution is -1.95. The van der Waals surface area contributed by atoms with Crippen molar-refractivity contribution in [1.29, 1.82) is 0 Å². The molecule has 0 saturated heterocycles. The molecule has 0 spiro atoms.